The summed E-state index contributed by atoms with van der Waals surface area (Å²) in [5.74, 6) is -0.617. The predicted molar refractivity (Wildman–Crippen MR) is 171 cm³/mol. The Balaban J connectivity index is 2.10. The van der Waals surface area contributed by atoms with E-state index >= 15 is 0 Å². The van der Waals surface area contributed by atoms with Gasteiger partial charge in [-0.25, -0.2) is 8.42 Å². The van der Waals surface area contributed by atoms with E-state index in [9.17, 15) is 18.0 Å². The fourth-order valence-electron chi connectivity index (χ4n) is 4.53. The molecule has 0 saturated carbocycles. The molecule has 7 nitrogen and oxygen atoms in total. The Hall–Kier alpha value is -3.07. The highest BCUT2D eigenvalue weighted by molar-refractivity contribution is 7.92. The van der Waals surface area contributed by atoms with E-state index in [-0.39, 0.29) is 23.3 Å². The molecule has 226 valence electrons. The highest BCUT2D eigenvalue weighted by atomic mass is 35.5. The van der Waals surface area contributed by atoms with Gasteiger partial charge in [0.25, 0.3) is 10.0 Å². The number of benzene rings is 3. The first-order chi connectivity index (χ1) is 19.8. The van der Waals surface area contributed by atoms with Crippen molar-refractivity contribution in [1.29, 1.82) is 0 Å². The van der Waals surface area contributed by atoms with Crippen LogP contribution < -0.4 is 9.62 Å². The molecule has 0 aliphatic rings. The molecule has 0 aliphatic heterocycles. The molecule has 1 atom stereocenters. The number of carbonyl (C=O) groups is 2. The van der Waals surface area contributed by atoms with E-state index in [4.69, 9.17) is 23.2 Å². The van der Waals surface area contributed by atoms with Crippen molar-refractivity contribution >= 4 is 50.7 Å². The lowest BCUT2D eigenvalue weighted by Crippen LogP contribution is -2.52. The van der Waals surface area contributed by atoms with Gasteiger partial charge in [-0.3, -0.25) is 13.9 Å². The number of nitrogens with zero attached hydrogens (tertiary/aromatic N) is 2. The summed E-state index contributed by atoms with van der Waals surface area (Å²) in [7, 11) is -4.15. The van der Waals surface area contributed by atoms with Crippen LogP contribution in [-0.2, 0) is 26.2 Å². The normalized spacial score (nSPS) is 12.2. The second-order valence-electron chi connectivity index (χ2n) is 10.9. The van der Waals surface area contributed by atoms with E-state index in [0.717, 1.165) is 21.0 Å². The van der Waals surface area contributed by atoms with Crippen LogP contribution in [0.15, 0.2) is 65.6 Å². The van der Waals surface area contributed by atoms with Gasteiger partial charge in [-0.1, -0.05) is 79.9 Å². The average Bonchev–Trinajstić information content (AvgIpc) is 2.94. The minimum absolute atomic E-state index is 0.0363. The number of nitrogens with one attached hydrogen (secondary N) is 1. The third kappa shape index (κ3) is 8.06. The molecule has 0 aliphatic carbocycles. The Labute approximate surface area is 259 Å². The van der Waals surface area contributed by atoms with Crippen molar-refractivity contribution in [2.45, 2.75) is 65.4 Å². The van der Waals surface area contributed by atoms with Crippen LogP contribution in [0.4, 0.5) is 5.69 Å². The number of hydrogen-bond donors (Lipinski definition) is 1. The van der Waals surface area contributed by atoms with Gasteiger partial charge in [0.05, 0.1) is 20.6 Å². The number of aryl methyl sites for hydroxylation is 2. The monoisotopic (exact) mass is 631 g/mol. The summed E-state index contributed by atoms with van der Waals surface area (Å²) in [5, 5.41) is 3.61. The minimum Gasteiger partial charge on any atom is -0.354 e. The second-order valence-corrected chi connectivity index (χ2v) is 13.6. The van der Waals surface area contributed by atoms with Crippen molar-refractivity contribution in [2.24, 2.45) is 5.92 Å². The smallest absolute Gasteiger partial charge is 0.264 e. The van der Waals surface area contributed by atoms with E-state index in [0.29, 0.717) is 34.3 Å². The van der Waals surface area contributed by atoms with Crippen molar-refractivity contribution in [3.63, 3.8) is 0 Å². The fourth-order valence-corrected chi connectivity index (χ4v) is 6.33. The third-order valence-corrected chi connectivity index (χ3v) is 9.65. The van der Waals surface area contributed by atoms with E-state index < -0.39 is 28.5 Å². The summed E-state index contributed by atoms with van der Waals surface area (Å²) in [6.07, 6.45) is 0.325. The van der Waals surface area contributed by atoms with Crippen molar-refractivity contribution in [3.05, 3.63) is 93.0 Å². The quantitative estimate of drug-likeness (QED) is 0.241. The SMILES string of the molecule is CC[C@@H](C(=O)NCC(C)C)N(Cc1ccc(Cl)c(Cl)c1)C(=O)CN(c1cccc(C)c1C)S(=O)(=O)c1ccc(C)cc1. The van der Waals surface area contributed by atoms with Crippen molar-refractivity contribution in [1.82, 2.24) is 10.2 Å². The lowest BCUT2D eigenvalue weighted by atomic mass is 10.1. The molecule has 1 N–H and O–H groups in total. The lowest BCUT2D eigenvalue weighted by molar-refractivity contribution is -0.140. The summed E-state index contributed by atoms with van der Waals surface area (Å²) in [5.41, 5.74) is 3.59. The van der Waals surface area contributed by atoms with Crippen LogP contribution in [-0.4, -0.2) is 44.3 Å². The number of hydrogen-bond acceptors (Lipinski definition) is 4. The Morgan fingerprint density at radius 3 is 2.19 bits per heavy atom. The number of rotatable bonds is 12. The van der Waals surface area contributed by atoms with E-state index in [1.165, 1.54) is 17.0 Å². The number of halogens is 2. The first-order valence-corrected chi connectivity index (χ1v) is 16.1. The average molecular weight is 633 g/mol. The maximum absolute atomic E-state index is 14.2. The molecule has 0 bridgehead atoms. The fraction of sp³-hybridized carbons (Fsp3) is 0.375. The highest BCUT2D eigenvalue weighted by Crippen LogP contribution is 2.30. The zero-order chi connectivity index (χ0) is 31.2. The molecule has 0 aromatic heterocycles. The Kier molecular flexibility index (Phi) is 11.5. The molecular formula is C32H39Cl2N3O4S. The van der Waals surface area contributed by atoms with Gasteiger partial charge in [0.15, 0.2) is 0 Å². The van der Waals surface area contributed by atoms with Gasteiger partial charge in [0.1, 0.15) is 12.6 Å². The number of sulfonamides is 1. The zero-order valence-electron chi connectivity index (χ0n) is 24.9. The molecule has 3 aromatic carbocycles. The van der Waals surface area contributed by atoms with Crippen molar-refractivity contribution < 1.29 is 18.0 Å². The highest BCUT2D eigenvalue weighted by Gasteiger charge is 2.34. The molecule has 0 spiro atoms. The Bertz CT molecular complexity index is 1530. The van der Waals surface area contributed by atoms with Gasteiger partial charge in [0, 0.05) is 13.1 Å². The van der Waals surface area contributed by atoms with Crippen molar-refractivity contribution in [3.8, 4) is 0 Å². The molecule has 0 heterocycles. The van der Waals surface area contributed by atoms with Crippen molar-refractivity contribution in [2.75, 3.05) is 17.4 Å². The molecular weight excluding hydrogens is 593 g/mol. The molecule has 3 aromatic rings. The summed E-state index contributed by atoms with van der Waals surface area (Å²) in [6, 6.07) is 16.0. The van der Waals surface area contributed by atoms with Gasteiger partial charge in [-0.05, 0) is 80.1 Å². The third-order valence-electron chi connectivity index (χ3n) is 7.14. The van der Waals surface area contributed by atoms with Crippen LogP contribution >= 0.6 is 23.2 Å². The largest absolute Gasteiger partial charge is 0.354 e. The molecule has 3 rings (SSSR count). The maximum atomic E-state index is 14.2. The van der Waals surface area contributed by atoms with Crippen LogP contribution in [0.5, 0.6) is 0 Å². The van der Waals surface area contributed by atoms with E-state index in [1.54, 1.807) is 42.5 Å². The van der Waals surface area contributed by atoms with E-state index in [2.05, 4.69) is 5.32 Å². The molecule has 0 radical (unpaired) electrons. The van der Waals surface area contributed by atoms with Gasteiger partial charge in [-0.15, -0.1) is 0 Å². The van der Waals surface area contributed by atoms with Crippen LogP contribution in [0.3, 0.4) is 0 Å². The van der Waals surface area contributed by atoms with E-state index in [1.807, 2.05) is 47.6 Å². The first-order valence-electron chi connectivity index (χ1n) is 13.9. The van der Waals surface area contributed by atoms with Crippen LogP contribution in [0, 0.1) is 26.7 Å². The number of amides is 2. The van der Waals surface area contributed by atoms with Gasteiger partial charge in [0.2, 0.25) is 11.8 Å². The van der Waals surface area contributed by atoms with Gasteiger partial charge in [-0.2, -0.15) is 0 Å². The number of anilines is 1. The molecule has 42 heavy (non-hydrogen) atoms. The standard InChI is InChI=1S/C32H39Cl2N3O4S/c1-7-29(32(39)35-18-21(2)3)36(19-25-13-16-27(33)28(34)17-25)31(38)20-37(30-10-8-9-23(5)24(30)6)42(40,41)26-14-11-22(4)12-15-26/h8-17,21,29H,7,18-20H2,1-6H3,(H,35,39)/t29-/m0/s1. The molecule has 10 heteroatoms. The zero-order valence-corrected chi connectivity index (χ0v) is 27.3. The molecule has 0 unspecified atom stereocenters. The molecule has 0 saturated heterocycles. The number of carbonyl (C=O) groups excluding carboxylic acids is 2. The van der Waals surface area contributed by atoms with Gasteiger partial charge >= 0.3 is 0 Å². The summed E-state index contributed by atoms with van der Waals surface area (Å²) in [4.78, 5) is 29.1. The van der Waals surface area contributed by atoms with Gasteiger partial charge < -0.3 is 10.2 Å². The minimum atomic E-state index is -4.15. The Morgan fingerprint density at radius 1 is 0.929 bits per heavy atom. The topological polar surface area (TPSA) is 86.8 Å². The summed E-state index contributed by atoms with van der Waals surface area (Å²) >= 11 is 12.4. The van der Waals surface area contributed by atoms with Crippen LogP contribution in [0.25, 0.3) is 0 Å². The molecule has 2 amide bonds. The van der Waals surface area contributed by atoms with Crippen LogP contribution in [0.1, 0.15) is 49.4 Å². The second kappa shape index (κ2) is 14.4. The maximum Gasteiger partial charge on any atom is 0.264 e. The molecule has 0 fully saturated rings. The Morgan fingerprint density at radius 2 is 1.60 bits per heavy atom. The lowest BCUT2D eigenvalue weighted by Gasteiger charge is -2.34. The summed E-state index contributed by atoms with van der Waals surface area (Å²) in [6.45, 7) is 11.4. The van der Waals surface area contributed by atoms with Crippen LogP contribution in [0.2, 0.25) is 10.0 Å². The predicted octanol–water partition coefficient (Wildman–Crippen LogP) is 6.69. The first kappa shape index (κ1) is 33.4. The summed E-state index contributed by atoms with van der Waals surface area (Å²) < 4.78 is 29.3.